The molecule has 1 aliphatic heterocycles. The third-order valence-electron chi connectivity index (χ3n) is 5.68. The molecule has 0 spiro atoms. The zero-order chi connectivity index (χ0) is 23.7. The number of ether oxygens (including phenoxy) is 1. The first-order valence-electron chi connectivity index (χ1n) is 10.8. The monoisotopic (exact) mass is 521 g/mol. The molecule has 2 N–H and O–H groups in total. The average molecular weight is 522 g/mol. The summed E-state index contributed by atoms with van der Waals surface area (Å²) in [6, 6.07) is 21.1. The highest BCUT2D eigenvalue weighted by molar-refractivity contribution is 9.10. The van der Waals surface area contributed by atoms with Crippen molar-refractivity contribution in [3.05, 3.63) is 94.4 Å². The van der Waals surface area contributed by atoms with Gasteiger partial charge in [0.1, 0.15) is 18.1 Å². The molecule has 1 atom stereocenters. The molecule has 1 amide bonds. The van der Waals surface area contributed by atoms with Gasteiger partial charge < -0.3 is 19.8 Å². The summed E-state index contributed by atoms with van der Waals surface area (Å²) in [6.07, 6.45) is -0.108. The Bertz CT molecular complexity index is 1300. The van der Waals surface area contributed by atoms with Crippen LogP contribution in [0, 0.1) is 5.82 Å². The average Bonchev–Trinajstić information content (AvgIpc) is 3.43. The number of anilines is 1. The van der Waals surface area contributed by atoms with E-state index in [0.717, 1.165) is 15.6 Å². The number of nitrogens with two attached hydrogens (primary N) is 1. The van der Waals surface area contributed by atoms with Crippen LogP contribution in [0.2, 0.25) is 0 Å². The van der Waals surface area contributed by atoms with Crippen molar-refractivity contribution in [3.63, 3.8) is 0 Å². The van der Waals surface area contributed by atoms with Gasteiger partial charge in [-0.25, -0.2) is 9.37 Å². The van der Waals surface area contributed by atoms with Gasteiger partial charge in [-0.3, -0.25) is 4.79 Å². The number of oxazole rings is 1. The van der Waals surface area contributed by atoms with Gasteiger partial charge in [0.15, 0.2) is 12.0 Å². The molecule has 1 saturated heterocycles. The zero-order valence-corrected chi connectivity index (χ0v) is 19.7. The van der Waals surface area contributed by atoms with Gasteiger partial charge in [0.05, 0.1) is 0 Å². The molecule has 1 aromatic heterocycles. The molecule has 0 bridgehead atoms. The lowest BCUT2D eigenvalue weighted by Crippen LogP contribution is -2.30. The molecule has 0 saturated carbocycles. The summed E-state index contributed by atoms with van der Waals surface area (Å²) in [5.74, 6) is 0.322. The predicted molar refractivity (Wildman–Crippen MR) is 130 cm³/mol. The summed E-state index contributed by atoms with van der Waals surface area (Å²) in [5, 5.41) is 0. The molecule has 5 rings (SSSR count). The molecule has 34 heavy (non-hydrogen) atoms. The zero-order valence-electron chi connectivity index (χ0n) is 18.1. The van der Waals surface area contributed by atoms with E-state index in [0.29, 0.717) is 41.6 Å². The number of rotatable bonds is 6. The Kier molecular flexibility index (Phi) is 6.17. The van der Waals surface area contributed by atoms with Crippen LogP contribution in [0.15, 0.2) is 81.7 Å². The fraction of sp³-hybridized carbons (Fsp3) is 0.154. The van der Waals surface area contributed by atoms with E-state index in [1.165, 1.54) is 12.1 Å². The minimum absolute atomic E-state index is 0.0520. The second kappa shape index (κ2) is 9.40. The molecule has 6 nitrogen and oxygen atoms in total. The third kappa shape index (κ3) is 4.60. The van der Waals surface area contributed by atoms with E-state index in [1.807, 2.05) is 48.5 Å². The van der Waals surface area contributed by atoms with Crippen molar-refractivity contribution >= 4 is 27.5 Å². The first kappa shape index (κ1) is 22.3. The van der Waals surface area contributed by atoms with Crippen molar-refractivity contribution < 1.29 is 18.3 Å². The smallest absolute Gasteiger partial charge is 0.251 e. The Morgan fingerprint density at radius 3 is 2.38 bits per heavy atom. The Hall–Kier alpha value is -3.49. The lowest BCUT2D eigenvalue weighted by molar-refractivity contribution is -0.128. The van der Waals surface area contributed by atoms with Gasteiger partial charge in [0.25, 0.3) is 5.91 Å². The first-order valence-corrected chi connectivity index (χ1v) is 11.6. The van der Waals surface area contributed by atoms with Crippen molar-refractivity contribution in [2.24, 2.45) is 0 Å². The van der Waals surface area contributed by atoms with Crippen LogP contribution in [0.5, 0.6) is 0 Å². The molecule has 0 unspecified atom stereocenters. The normalized spacial score (nSPS) is 15.8. The summed E-state index contributed by atoms with van der Waals surface area (Å²) in [4.78, 5) is 19.1. The number of carbonyl (C=O) groups excluding carboxylic acids is 1. The topological polar surface area (TPSA) is 81.6 Å². The van der Waals surface area contributed by atoms with Crippen LogP contribution in [0.3, 0.4) is 0 Å². The minimum Gasteiger partial charge on any atom is -0.436 e. The fourth-order valence-electron chi connectivity index (χ4n) is 3.88. The standard InChI is InChI=1S/C26H21BrFN3O3/c27-19-7-3-18(4-8-19)25-30-23(17-5-9-20(28)10-6-17)24(34-25)26-31(22(32)15-33-26)14-13-16-1-11-21(29)12-2-16/h1-12,26H,13-15,29H2/t26-/m0/s1. The molecule has 0 radical (unpaired) electrons. The number of nitrogen functional groups attached to an aromatic ring is 1. The van der Waals surface area contributed by atoms with Gasteiger partial charge in [-0.1, -0.05) is 28.1 Å². The quantitative estimate of drug-likeness (QED) is 0.334. The molecular formula is C26H21BrFN3O3. The Balaban J connectivity index is 1.50. The molecule has 172 valence electrons. The van der Waals surface area contributed by atoms with Crippen molar-refractivity contribution in [3.8, 4) is 22.7 Å². The summed E-state index contributed by atoms with van der Waals surface area (Å²) in [6.45, 7) is 0.383. The maximum atomic E-state index is 13.6. The van der Waals surface area contributed by atoms with Crippen molar-refractivity contribution in [1.82, 2.24) is 9.88 Å². The molecule has 1 aliphatic rings. The number of hydrogen-bond acceptors (Lipinski definition) is 5. The number of hydrogen-bond donors (Lipinski definition) is 1. The first-order chi connectivity index (χ1) is 16.5. The van der Waals surface area contributed by atoms with Crippen LogP contribution >= 0.6 is 15.9 Å². The largest absolute Gasteiger partial charge is 0.436 e. The van der Waals surface area contributed by atoms with E-state index in [2.05, 4.69) is 15.9 Å². The maximum absolute atomic E-state index is 13.6. The van der Waals surface area contributed by atoms with Crippen molar-refractivity contribution in [2.75, 3.05) is 18.9 Å². The highest BCUT2D eigenvalue weighted by Gasteiger charge is 2.38. The maximum Gasteiger partial charge on any atom is 0.251 e. The second-order valence-electron chi connectivity index (χ2n) is 7.99. The number of amides is 1. The highest BCUT2D eigenvalue weighted by atomic mass is 79.9. The molecule has 4 aromatic rings. The number of aromatic nitrogens is 1. The van der Waals surface area contributed by atoms with Gasteiger partial charge in [0.2, 0.25) is 5.89 Å². The number of carbonyl (C=O) groups is 1. The van der Waals surface area contributed by atoms with Crippen LogP contribution in [-0.2, 0) is 16.0 Å². The van der Waals surface area contributed by atoms with Crippen molar-refractivity contribution in [1.29, 1.82) is 0 Å². The highest BCUT2D eigenvalue weighted by Crippen LogP contribution is 2.38. The Morgan fingerprint density at radius 1 is 1.00 bits per heavy atom. The summed E-state index contributed by atoms with van der Waals surface area (Å²) < 4.78 is 26.6. The minimum atomic E-state index is -0.738. The number of benzene rings is 3. The third-order valence-corrected chi connectivity index (χ3v) is 6.20. The van der Waals surface area contributed by atoms with Gasteiger partial charge in [-0.05, 0) is 72.6 Å². The Labute approximate surface area is 204 Å². The van der Waals surface area contributed by atoms with Gasteiger partial charge in [0, 0.05) is 27.8 Å². The van der Waals surface area contributed by atoms with E-state index in [-0.39, 0.29) is 18.3 Å². The summed E-state index contributed by atoms with van der Waals surface area (Å²) >= 11 is 3.43. The summed E-state index contributed by atoms with van der Waals surface area (Å²) in [7, 11) is 0. The molecular weight excluding hydrogens is 501 g/mol. The number of halogens is 2. The molecule has 3 aromatic carbocycles. The van der Waals surface area contributed by atoms with Gasteiger partial charge >= 0.3 is 0 Å². The molecule has 1 fully saturated rings. The predicted octanol–water partition coefficient (Wildman–Crippen LogP) is 5.59. The van der Waals surface area contributed by atoms with E-state index in [1.54, 1.807) is 17.0 Å². The van der Waals surface area contributed by atoms with Crippen LogP contribution < -0.4 is 5.73 Å². The van der Waals surface area contributed by atoms with Crippen LogP contribution in [0.25, 0.3) is 22.7 Å². The van der Waals surface area contributed by atoms with E-state index in [4.69, 9.17) is 19.9 Å². The lowest BCUT2D eigenvalue weighted by Gasteiger charge is -2.22. The van der Waals surface area contributed by atoms with Gasteiger partial charge in [-0.15, -0.1) is 0 Å². The van der Waals surface area contributed by atoms with Crippen LogP contribution in [-0.4, -0.2) is 28.9 Å². The van der Waals surface area contributed by atoms with E-state index in [9.17, 15) is 9.18 Å². The van der Waals surface area contributed by atoms with Gasteiger partial charge in [-0.2, -0.15) is 0 Å². The second-order valence-corrected chi connectivity index (χ2v) is 8.90. The molecule has 2 heterocycles. The number of nitrogens with zero attached hydrogens (tertiary/aromatic N) is 2. The van der Waals surface area contributed by atoms with Crippen LogP contribution in [0.1, 0.15) is 17.6 Å². The fourth-order valence-corrected chi connectivity index (χ4v) is 4.14. The lowest BCUT2D eigenvalue weighted by atomic mass is 10.1. The Morgan fingerprint density at radius 2 is 1.68 bits per heavy atom. The SMILES string of the molecule is Nc1ccc(CCN2C(=O)CO[C@H]2c2oc(-c3ccc(Br)cc3)nc2-c2ccc(F)cc2)cc1. The molecule has 8 heteroatoms. The summed E-state index contributed by atoms with van der Waals surface area (Å²) in [5.41, 5.74) is 9.47. The van der Waals surface area contributed by atoms with Crippen LogP contribution in [0.4, 0.5) is 10.1 Å². The molecule has 0 aliphatic carbocycles. The van der Waals surface area contributed by atoms with E-state index < -0.39 is 6.23 Å². The van der Waals surface area contributed by atoms with E-state index >= 15 is 0 Å². The van der Waals surface area contributed by atoms with Crippen molar-refractivity contribution in [2.45, 2.75) is 12.6 Å².